The molecule has 1 atom stereocenters. The van der Waals surface area contributed by atoms with Gasteiger partial charge in [0.25, 0.3) is 0 Å². The fraction of sp³-hybridized carbons (Fsp3) is 0.333. The average molecular weight is 274 g/mol. The summed E-state index contributed by atoms with van der Waals surface area (Å²) >= 11 is 0. The zero-order chi connectivity index (χ0) is 14.1. The van der Waals surface area contributed by atoms with Gasteiger partial charge in [0.15, 0.2) is 0 Å². The highest BCUT2D eigenvalue weighted by Crippen LogP contribution is 2.24. The molecule has 1 unspecified atom stereocenters. The molecule has 0 spiro atoms. The SMILES string of the molecule is O=C(O)C1CCCN(c2ccc3ccc(F)cc3n2)C1. The van der Waals surface area contributed by atoms with Crippen LogP contribution in [0.1, 0.15) is 12.8 Å². The Morgan fingerprint density at radius 1 is 1.35 bits per heavy atom. The quantitative estimate of drug-likeness (QED) is 0.914. The lowest BCUT2D eigenvalue weighted by atomic mass is 9.98. The number of halogens is 1. The second kappa shape index (κ2) is 5.07. The molecule has 1 aromatic carbocycles. The number of pyridine rings is 1. The Bertz CT molecular complexity index is 659. The van der Waals surface area contributed by atoms with Gasteiger partial charge >= 0.3 is 5.97 Å². The largest absolute Gasteiger partial charge is 0.481 e. The summed E-state index contributed by atoms with van der Waals surface area (Å²) in [5, 5.41) is 9.99. The molecule has 1 aliphatic rings. The summed E-state index contributed by atoms with van der Waals surface area (Å²) in [7, 11) is 0. The molecule has 1 aliphatic heterocycles. The van der Waals surface area contributed by atoms with Crippen molar-refractivity contribution in [2.24, 2.45) is 5.92 Å². The molecule has 0 aliphatic carbocycles. The maximum absolute atomic E-state index is 13.2. The van der Waals surface area contributed by atoms with Crippen molar-refractivity contribution in [3.63, 3.8) is 0 Å². The lowest BCUT2D eigenvalue weighted by Crippen LogP contribution is -2.39. The van der Waals surface area contributed by atoms with Gasteiger partial charge in [-0.3, -0.25) is 4.79 Å². The number of hydrogen-bond donors (Lipinski definition) is 1. The highest BCUT2D eigenvalue weighted by molar-refractivity contribution is 5.80. The van der Waals surface area contributed by atoms with E-state index in [2.05, 4.69) is 4.98 Å². The van der Waals surface area contributed by atoms with Gasteiger partial charge in [0.1, 0.15) is 11.6 Å². The minimum Gasteiger partial charge on any atom is -0.481 e. The zero-order valence-corrected chi connectivity index (χ0v) is 10.9. The van der Waals surface area contributed by atoms with Crippen molar-refractivity contribution >= 4 is 22.7 Å². The van der Waals surface area contributed by atoms with Crippen molar-refractivity contribution in [3.8, 4) is 0 Å². The van der Waals surface area contributed by atoms with Gasteiger partial charge in [-0.1, -0.05) is 0 Å². The van der Waals surface area contributed by atoms with E-state index < -0.39 is 5.97 Å². The highest BCUT2D eigenvalue weighted by Gasteiger charge is 2.26. The summed E-state index contributed by atoms with van der Waals surface area (Å²) in [6.45, 7) is 1.25. The van der Waals surface area contributed by atoms with Crippen LogP contribution in [0, 0.1) is 11.7 Å². The van der Waals surface area contributed by atoms with E-state index in [-0.39, 0.29) is 11.7 Å². The number of piperidine rings is 1. The monoisotopic (exact) mass is 274 g/mol. The van der Waals surface area contributed by atoms with Crippen LogP contribution in [0.5, 0.6) is 0 Å². The number of carboxylic acids is 1. The predicted octanol–water partition coefficient (Wildman–Crippen LogP) is 2.67. The minimum absolute atomic E-state index is 0.316. The first kappa shape index (κ1) is 12.8. The molecule has 104 valence electrons. The van der Waals surface area contributed by atoms with Crippen molar-refractivity contribution in [1.82, 2.24) is 4.98 Å². The molecule has 0 bridgehead atoms. The zero-order valence-electron chi connectivity index (χ0n) is 10.9. The summed E-state index contributed by atoms with van der Waals surface area (Å²) in [6.07, 6.45) is 1.54. The van der Waals surface area contributed by atoms with Crippen LogP contribution < -0.4 is 4.90 Å². The van der Waals surface area contributed by atoms with Crippen LogP contribution in [0.3, 0.4) is 0 Å². The third-order valence-corrected chi connectivity index (χ3v) is 3.73. The van der Waals surface area contributed by atoms with Gasteiger partial charge in [0, 0.05) is 24.5 Å². The Labute approximate surface area is 115 Å². The van der Waals surface area contributed by atoms with Gasteiger partial charge in [-0.2, -0.15) is 0 Å². The van der Waals surface area contributed by atoms with Crippen LogP contribution in [-0.2, 0) is 4.79 Å². The van der Waals surface area contributed by atoms with E-state index in [0.717, 1.165) is 18.4 Å². The molecule has 0 saturated carbocycles. The normalized spacial score (nSPS) is 19.2. The van der Waals surface area contributed by atoms with Crippen LogP contribution in [0.2, 0.25) is 0 Å². The van der Waals surface area contributed by atoms with Gasteiger partial charge < -0.3 is 10.0 Å². The summed E-state index contributed by atoms with van der Waals surface area (Å²) < 4.78 is 13.2. The summed E-state index contributed by atoms with van der Waals surface area (Å²) in [4.78, 5) is 17.5. The Kier molecular flexibility index (Phi) is 3.26. The number of carbonyl (C=O) groups is 1. The van der Waals surface area contributed by atoms with Crippen LogP contribution in [-0.4, -0.2) is 29.1 Å². The lowest BCUT2D eigenvalue weighted by Gasteiger charge is -2.31. The van der Waals surface area contributed by atoms with Gasteiger partial charge in [0.2, 0.25) is 0 Å². The number of nitrogens with zero attached hydrogens (tertiary/aromatic N) is 2. The number of carboxylic acid groups (broad SMARTS) is 1. The number of hydrogen-bond acceptors (Lipinski definition) is 3. The Hall–Kier alpha value is -2.17. The number of benzene rings is 1. The van der Waals surface area contributed by atoms with Crippen LogP contribution >= 0.6 is 0 Å². The average Bonchev–Trinajstić information content (AvgIpc) is 2.46. The third-order valence-electron chi connectivity index (χ3n) is 3.73. The first-order valence-electron chi connectivity index (χ1n) is 6.67. The summed E-state index contributed by atoms with van der Waals surface area (Å²) in [5.74, 6) is -0.714. The molecule has 2 heterocycles. The third kappa shape index (κ3) is 2.43. The molecular weight excluding hydrogens is 259 g/mol. The lowest BCUT2D eigenvalue weighted by molar-refractivity contribution is -0.141. The maximum atomic E-state index is 13.2. The van der Waals surface area contributed by atoms with E-state index in [1.165, 1.54) is 12.1 Å². The van der Waals surface area contributed by atoms with Crippen molar-refractivity contribution in [2.45, 2.75) is 12.8 Å². The highest BCUT2D eigenvalue weighted by atomic mass is 19.1. The second-order valence-electron chi connectivity index (χ2n) is 5.13. The van der Waals surface area contributed by atoms with E-state index in [1.807, 2.05) is 17.0 Å². The van der Waals surface area contributed by atoms with E-state index in [4.69, 9.17) is 5.11 Å². The molecule has 1 N–H and O–H groups in total. The molecule has 0 amide bonds. The Morgan fingerprint density at radius 2 is 2.15 bits per heavy atom. The van der Waals surface area contributed by atoms with Gasteiger partial charge in [-0.25, -0.2) is 9.37 Å². The molecule has 5 heteroatoms. The fourth-order valence-electron chi connectivity index (χ4n) is 2.64. The van der Waals surface area contributed by atoms with Crippen molar-refractivity contribution in [2.75, 3.05) is 18.0 Å². The molecule has 4 nitrogen and oxygen atoms in total. The molecule has 3 rings (SSSR count). The van der Waals surface area contributed by atoms with Crippen molar-refractivity contribution in [3.05, 3.63) is 36.1 Å². The minimum atomic E-state index is -0.762. The van der Waals surface area contributed by atoms with E-state index >= 15 is 0 Å². The number of aliphatic carboxylic acids is 1. The summed E-state index contributed by atoms with van der Waals surface area (Å²) in [5.41, 5.74) is 0.597. The molecule has 1 aromatic heterocycles. The topological polar surface area (TPSA) is 53.4 Å². The van der Waals surface area contributed by atoms with Crippen LogP contribution in [0.25, 0.3) is 10.9 Å². The molecule has 0 radical (unpaired) electrons. The summed E-state index contributed by atoms with van der Waals surface area (Å²) in [6, 6.07) is 8.26. The van der Waals surface area contributed by atoms with Crippen LogP contribution in [0.4, 0.5) is 10.2 Å². The van der Waals surface area contributed by atoms with E-state index in [9.17, 15) is 9.18 Å². The van der Waals surface area contributed by atoms with Gasteiger partial charge in [0.05, 0.1) is 11.4 Å². The van der Waals surface area contributed by atoms with Crippen LogP contribution in [0.15, 0.2) is 30.3 Å². The Morgan fingerprint density at radius 3 is 2.95 bits per heavy atom. The molecule has 1 fully saturated rings. The van der Waals surface area contributed by atoms with Crippen molar-refractivity contribution < 1.29 is 14.3 Å². The number of fused-ring (bicyclic) bond motifs is 1. The van der Waals surface area contributed by atoms with E-state index in [1.54, 1.807) is 6.07 Å². The molecule has 1 saturated heterocycles. The standard InChI is InChI=1S/C15H15FN2O2/c16-12-5-3-10-4-6-14(17-13(10)8-12)18-7-1-2-11(9-18)15(19)20/h3-6,8,11H,1-2,7,9H2,(H,19,20). The molecule has 20 heavy (non-hydrogen) atoms. The number of anilines is 1. The molecule has 2 aromatic rings. The smallest absolute Gasteiger partial charge is 0.308 e. The Balaban J connectivity index is 1.91. The van der Waals surface area contributed by atoms with Crippen molar-refractivity contribution in [1.29, 1.82) is 0 Å². The predicted molar refractivity (Wildman–Crippen MR) is 74.3 cm³/mol. The molecular formula is C15H15FN2O2. The fourth-order valence-corrected chi connectivity index (χ4v) is 2.64. The van der Waals surface area contributed by atoms with Gasteiger partial charge in [-0.15, -0.1) is 0 Å². The maximum Gasteiger partial charge on any atom is 0.308 e. The first-order valence-corrected chi connectivity index (χ1v) is 6.67. The first-order chi connectivity index (χ1) is 9.63. The number of rotatable bonds is 2. The van der Waals surface area contributed by atoms with E-state index in [0.29, 0.717) is 24.3 Å². The van der Waals surface area contributed by atoms with Gasteiger partial charge in [-0.05, 0) is 37.1 Å². The number of aromatic nitrogens is 1. The second-order valence-corrected chi connectivity index (χ2v) is 5.13.